The lowest BCUT2D eigenvalue weighted by atomic mass is 10.2. The van der Waals surface area contributed by atoms with E-state index in [1.807, 2.05) is 20.8 Å². The fourth-order valence-corrected chi connectivity index (χ4v) is 1.74. The normalized spacial score (nSPS) is 13.4. The number of aliphatic hydroxyl groups excluding tert-OH is 1. The van der Waals surface area contributed by atoms with Gasteiger partial charge in [-0.15, -0.1) is 0 Å². The number of rotatable bonds is 5. The van der Waals surface area contributed by atoms with Crippen LogP contribution in [-0.4, -0.2) is 30.0 Å². The number of anilines is 1. The number of benzene rings is 1. The van der Waals surface area contributed by atoms with E-state index in [4.69, 9.17) is 4.74 Å². The van der Waals surface area contributed by atoms with Crippen LogP contribution in [0, 0.1) is 11.6 Å². The molecule has 1 unspecified atom stereocenters. The van der Waals surface area contributed by atoms with Crippen LogP contribution in [-0.2, 0) is 4.74 Å². The summed E-state index contributed by atoms with van der Waals surface area (Å²) in [6, 6.07) is 2.31. The van der Waals surface area contributed by atoms with Gasteiger partial charge in [-0.05, 0) is 32.9 Å². The van der Waals surface area contributed by atoms with E-state index in [1.165, 1.54) is 0 Å². The number of hydrogen-bond acceptors (Lipinski definition) is 3. The van der Waals surface area contributed by atoms with Crippen LogP contribution in [0.15, 0.2) is 16.6 Å². The smallest absolute Gasteiger partial charge is 0.150 e. The van der Waals surface area contributed by atoms with Crippen LogP contribution in [0.3, 0.4) is 0 Å². The van der Waals surface area contributed by atoms with Crippen molar-refractivity contribution in [3.8, 4) is 0 Å². The second kappa shape index (κ2) is 6.63. The second-order valence-corrected chi connectivity index (χ2v) is 6.12. The Bertz CT molecular complexity index is 412. The molecule has 1 atom stereocenters. The molecule has 0 heterocycles. The maximum absolute atomic E-state index is 13.5. The average molecular weight is 338 g/mol. The fraction of sp³-hybridized carbons (Fsp3) is 0.538. The number of ether oxygens (including phenoxy) is 1. The van der Waals surface area contributed by atoms with E-state index in [-0.39, 0.29) is 24.4 Å². The van der Waals surface area contributed by atoms with E-state index in [0.717, 1.165) is 12.1 Å². The number of aliphatic hydroxyl groups is 1. The third kappa shape index (κ3) is 5.84. The summed E-state index contributed by atoms with van der Waals surface area (Å²) < 4.78 is 32.7. The summed E-state index contributed by atoms with van der Waals surface area (Å²) in [7, 11) is 0. The van der Waals surface area contributed by atoms with Gasteiger partial charge in [-0.25, -0.2) is 8.78 Å². The van der Waals surface area contributed by atoms with Crippen molar-refractivity contribution in [1.82, 2.24) is 0 Å². The first-order chi connectivity index (χ1) is 8.69. The minimum Gasteiger partial charge on any atom is -0.389 e. The lowest BCUT2D eigenvalue weighted by Crippen LogP contribution is -2.30. The van der Waals surface area contributed by atoms with Gasteiger partial charge in [-0.3, -0.25) is 0 Å². The Balaban J connectivity index is 2.53. The minimum atomic E-state index is -0.846. The highest BCUT2D eigenvalue weighted by Crippen LogP contribution is 2.23. The molecular weight excluding hydrogens is 320 g/mol. The van der Waals surface area contributed by atoms with Crippen molar-refractivity contribution < 1.29 is 18.6 Å². The standard InChI is InChI=1S/C13H18BrF2NO2/c1-13(2,3)19-7-9(18)6-17-12-10(15)4-8(14)5-11(12)16/h4-5,9,17-18H,6-7H2,1-3H3. The topological polar surface area (TPSA) is 41.5 Å². The zero-order valence-electron chi connectivity index (χ0n) is 11.1. The van der Waals surface area contributed by atoms with Gasteiger partial charge < -0.3 is 15.2 Å². The molecule has 108 valence electrons. The Kier molecular flexibility index (Phi) is 5.70. The monoisotopic (exact) mass is 337 g/mol. The van der Waals surface area contributed by atoms with Crippen molar-refractivity contribution in [2.24, 2.45) is 0 Å². The van der Waals surface area contributed by atoms with Gasteiger partial charge in [0.25, 0.3) is 0 Å². The van der Waals surface area contributed by atoms with Crippen LogP contribution in [0.4, 0.5) is 14.5 Å². The van der Waals surface area contributed by atoms with Crippen LogP contribution in [0.1, 0.15) is 20.8 Å². The van der Waals surface area contributed by atoms with Crippen molar-refractivity contribution in [3.05, 3.63) is 28.2 Å². The predicted molar refractivity (Wildman–Crippen MR) is 74.3 cm³/mol. The molecule has 1 aromatic carbocycles. The Morgan fingerprint density at radius 2 is 1.84 bits per heavy atom. The second-order valence-electron chi connectivity index (χ2n) is 5.20. The van der Waals surface area contributed by atoms with Crippen molar-refractivity contribution in [2.45, 2.75) is 32.5 Å². The summed E-state index contributed by atoms with van der Waals surface area (Å²) >= 11 is 3.00. The lowest BCUT2D eigenvalue weighted by molar-refractivity contribution is -0.0450. The molecule has 0 radical (unpaired) electrons. The molecule has 3 nitrogen and oxygen atoms in total. The van der Waals surface area contributed by atoms with Crippen LogP contribution >= 0.6 is 15.9 Å². The van der Waals surface area contributed by atoms with Crippen LogP contribution in [0.2, 0.25) is 0 Å². The Hall–Kier alpha value is -0.720. The maximum Gasteiger partial charge on any atom is 0.150 e. The first-order valence-electron chi connectivity index (χ1n) is 5.89. The molecule has 0 aliphatic carbocycles. The third-order valence-electron chi connectivity index (χ3n) is 2.23. The Morgan fingerprint density at radius 3 is 2.32 bits per heavy atom. The van der Waals surface area contributed by atoms with E-state index in [1.54, 1.807) is 0 Å². The van der Waals surface area contributed by atoms with Crippen molar-refractivity contribution in [1.29, 1.82) is 0 Å². The molecule has 0 bridgehead atoms. The number of hydrogen-bond donors (Lipinski definition) is 2. The highest BCUT2D eigenvalue weighted by molar-refractivity contribution is 9.10. The largest absolute Gasteiger partial charge is 0.389 e. The van der Waals surface area contributed by atoms with E-state index >= 15 is 0 Å². The summed E-state index contributed by atoms with van der Waals surface area (Å²) in [4.78, 5) is 0. The summed E-state index contributed by atoms with van der Waals surface area (Å²) in [6.45, 7) is 5.69. The van der Waals surface area contributed by atoms with E-state index < -0.39 is 17.7 Å². The van der Waals surface area contributed by atoms with Crippen LogP contribution in [0.25, 0.3) is 0 Å². The minimum absolute atomic E-state index is 0.00551. The average Bonchev–Trinajstić information content (AvgIpc) is 2.23. The van der Waals surface area contributed by atoms with Crippen molar-refractivity contribution in [2.75, 3.05) is 18.5 Å². The van der Waals surface area contributed by atoms with E-state index in [2.05, 4.69) is 21.2 Å². The summed E-state index contributed by atoms with van der Waals surface area (Å²) in [5, 5.41) is 12.2. The van der Waals surface area contributed by atoms with Crippen molar-refractivity contribution >= 4 is 21.6 Å². The Morgan fingerprint density at radius 1 is 1.32 bits per heavy atom. The lowest BCUT2D eigenvalue weighted by Gasteiger charge is -2.22. The molecule has 1 rings (SSSR count). The fourth-order valence-electron chi connectivity index (χ4n) is 1.34. The molecule has 0 aliphatic rings. The van der Waals surface area contributed by atoms with Gasteiger partial charge >= 0.3 is 0 Å². The first-order valence-corrected chi connectivity index (χ1v) is 6.69. The van der Waals surface area contributed by atoms with Crippen molar-refractivity contribution in [3.63, 3.8) is 0 Å². The molecule has 0 saturated heterocycles. The molecule has 0 amide bonds. The van der Waals surface area contributed by atoms with Gasteiger partial charge in [0.15, 0.2) is 0 Å². The molecule has 0 saturated carbocycles. The highest BCUT2D eigenvalue weighted by Gasteiger charge is 2.15. The van der Waals surface area contributed by atoms with Gasteiger partial charge in [0.05, 0.1) is 18.3 Å². The quantitative estimate of drug-likeness (QED) is 0.866. The predicted octanol–water partition coefficient (Wildman–Crippen LogP) is 3.32. The van der Waals surface area contributed by atoms with Gasteiger partial charge in [0.1, 0.15) is 17.3 Å². The van der Waals surface area contributed by atoms with E-state index in [9.17, 15) is 13.9 Å². The summed E-state index contributed by atoms with van der Waals surface area (Å²) in [6.07, 6.45) is -0.846. The molecule has 0 spiro atoms. The van der Waals surface area contributed by atoms with Gasteiger partial charge in [0.2, 0.25) is 0 Å². The van der Waals surface area contributed by atoms with Crippen LogP contribution < -0.4 is 5.32 Å². The molecular formula is C13H18BrF2NO2. The highest BCUT2D eigenvalue weighted by atomic mass is 79.9. The number of nitrogens with one attached hydrogen (secondary N) is 1. The summed E-state index contributed by atoms with van der Waals surface area (Å²) in [5.41, 5.74) is -0.618. The summed E-state index contributed by atoms with van der Waals surface area (Å²) in [5.74, 6) is -1.42. The molecule has 6 heteroatoms. The van der Waals surface area contributed by atoms with Crippen LogP contribution in [0.5, 0.6) is 0 Å². The molecule has 19 heavy (non-hydrogen) atoms. The SMILES string of the molecule is CC(C)(C)OCC(O)CNc1c(F)cc(Br)cc1F. The van der Waals surface area contributed by atoms with Gasteiger partial charge in [-0.1, -0.05) is 15.9 Å². The Labute approximate surface area is 120 Å². The molecule has 0 aromatic heterocycles. The molecule has 1 aromatic rings. The molecule has 2 N–H and O–H groups in total. The van der Waals surface area contributed by atoms with Gasteiger partial charge in [-0.2, -0.15) is 0 Å². The van der Waals surface area contributed by atoms with E-state index in [0.29, 0.717) is 4.47 Å². The first kappa shape index (κ1) is 16.3. The van der Waals surface area contributed by atoms with Gasteiger partial charge in [0, 0.05) is 11.0 Å². The number of halogens is 3. The zero-order chi connectivity index (χ0) is 14.6. The maximum atomic E-state index is 13.5. The molecule has 0 aliphatic heterocycles. The molecule has 0 fully saturated rings. The third-order valence-corrected chi connectivity index (χ3v) is 2.69. The zero-order valence-corrected chi connectivity index (χ0v) is 12.7.